The number of rotatable bonds is 4. The number of nitrogens with zero attached hydrogens (tertiary/aromatic N) is 4. The molecule has 136 valence electrons. The van der Waals surface area contributed by atoms with Crippen molar-refractivity contribution in [1.29, 1.82) is 0 Å². The van der Waals surface area contributed by atoms with E-state index in [2.05, 4.69) is 20.4 Å². The summed E-state index contributed by atoms with van der Waals surface area (Å²) in [5, 5.41) is 10.8. The Morgan fingerprint density at radius 1 is 1.19 bits per heavy atom. The fraction of sp³-hybridized carbons (Fsp3) is 0.526. The van der Waals surface area contributed by atoms with Crippen LogP contribution in [0.1, 0.15) is 29.6 Å². The van der Waals surface area contributed by atoms with Crippen LogP contribution >= 0.6 is 0 Å². The minimum Gasteiger partial charge on any atom is -0.375 e. The Morgan fingerprint density at radius 2 is 2.04 bits per heavy atom. The van der Waals surface area contributed by atoms with Gasteiger partial charge < -0.3 is 10.1 Å². The van der Waals surface area contributed by atoms with Crippen molar-refractivity contribution in [3.63, 3.8) is 0 Å². The molecule has 3 atom stereocenters. The van der Waals surface area contributed by atoms with E-state index in [1.165, 1.54) is 12.8 Å². The van der Waals surface area contributed by atoms with Gasteiger partial charge in [0.1, 0.15) is 12.7 Å². The molecule has 26 heavy (non-hydrogen) atoms. The molecule has 3 aliphatic rings. The summed E-state index contributed by atoms with van der Waals surface area (Å²) in [6.07, 6.45) is 7.25. The molecule has 2 aromatic rings. The Morgan fingerprint density at radius 3 is 2.85 bits per heavy atom. The van der Waals surface area contributed by atoms with Gasteiger partial charge in [-0.3, -0.25) is 14.3 Å². The fourth-order valence-corrected chi connectivity index (χ4v) is 4.17. The van der Waals surface area contributed by atoms with E-state index in [-0.39, 0.29) is 11.9 Å². The number of aromatic nitrogens is 3. The highest BCUT2D eigenvalue weighted by Gasteiger charge is 2.42. The summed E-state index contributed by atoms with van der Waals surface area (Å²) in [7, 11) is 0. The highest BCUT2D eigenvalue weighted by atomic mass is 16.5. The average Bonchev–Trinajstić information content (AvgIpc) is 3.21. The molecule has 1 aromatic heterocycles. The van der Waals surface area contributed by atoms with E-state index < -0.39 is 0 Å². The van der Waals surface area contributed by atoms with Gasteiger partial charge in [0.2, 0.25) is 0 Å². The van der Waals surface area contributed by atoms with Gasteiger partial charge in [-0.1, -0.05) is 6.07 Å². The van der Waals surface area contributed by atoms with Gasteiger partial charge >= 0.3 is 0 Å². The first-order valence-electron chi connectivity index (χ1n) is 9.38. The zero-order chi connectivity index (χ0) is 17.5. The molecule has 1 aliphatic carbocycles. The third-order valence-electron chi connectivity index (χ3n) is 5.75. The third-order valence-corrected chi connectivity index (χ3v) is 5.75. The minimum absolute atomic E-state index is 0.0237. The molecular weight excluding hydrogens is 330 g/mol. The molecule has 5 rings (SSSR count). The number of ether oxygens (including phenoxy) is 1. The highest BCUT2D eigenvalue weighted by molar-refractivity contribution is 5.95. The number of nitrogens with one attached hydrogen (secondary N) is 1. The van der Waals surface area contributed by atoms with Crippen molar-refractivity contribution in [3.05, 3.63) is 42.5 Å². The van der Waals surface area contributed by atoms with E-state index in [4.69, 9.17) is 4.74 Å². The topological polar surface area (TPSA) is 72.3 Å². The molecule has 0 radical (unpaired) electrons. The molecule has 0 unspecified atom stereocenters. The van der Waals surface area contributed by atoms with Crippen molar-refractivity contribution in [1.82, 2.24) is 25.0 Å². The standard InChI is InChI=1S/C19H23N5O2/c25-19(14-2-1-3-16(6-14)24-11-20-21-12-24)22-15-7-17-10-26-18(13-4-5-13)9-23(17)8-15/h1-3,6,11-13,15,17-18H,4-5,7-10H2,(H,22,25)/t15-,17+,18-/m1/s1. The number of morpholine rings is 1. The molecule has 3 fully saturated rings. The van der Waals surface area contributed by atoms with Crippen LogP contribution in [0, 0.1) is 5.92 Å². The van der Waals surface area contributed by atoms with E-state index in [1.54, 1.807) is 17.2 Å². The molecule has 7 heteroatoms. The van der Waals surface area contributed by atoms with Crippen LogP contribution in [0.5, 0.6) is 0 Å². The number of fused-ring (bicyclic) bond motifs is 1. The van der Waals surface area contributed by atoms with Crippen LogP contribution in [-0.4, -0.2) is 63.5 Å². The first kappa shape index (κ1) is 16.0. The van der Waals surface area contributed by atoms with Crippen LogP contribution < -0.4 is 5.32 Å². The Labute approximate surface area is 152 Å². The number of carbonyl (C=O) groups excluding carboxylic acids is 1. The number of amides is 1. The molecular formula is C19H23N5O2. The maximum atomic E-state index is 12.7. The monoisotopic (exact) mass is 353 g/mol. The normalized spacial score (nSPS) is 28.7. The van der Waals surface area contributed by atoms with E-state index >= 15 is 0 Å². The summed E-state index contributed by atoms with van der Waals surface area (Å²) in [4.78, 5) is 15.2. The number of carbonyl (C=O) groups is 1. The lowest BCUT2D eigenvalue weighted by Crippen LogP contribution is -2.47. The summed E-state index contributed by atoms with van der Waals surface area (Å²) in [5.41, 5.74) is 1.54. The van der Waals surface area contributed by atoms with Crippen LogP contribution in [0.3, 0.4) is 0 Å². The SMILES string of the molecule is O=C(N[C@@H]1C[C@H]2CO[C@@H](C3CC3)CN2C1)c1cccc(-n2cnnc2)c1. The van der Waals surface area contributed by atoms with Crippen LogP contribution in [0.4, 0.5) is 0 Å². The van der Waals surface area contributed by atoms with E-state index in [1.807, 2.05) is 24.3 Å². The highest BCUT2D eigenvalue weighted by Crippen LogP contribution is 2.37. The summed E-state index contributed by atoms with van der Waals surface area (Å²) < 4.78 is 7.84. The van der Waals surface area contributed by atoms with Crippen molar-refractivity contribution in [3.8, 4) is 5.69 Å². The smallest absolute Gasteiger partial charge is 0.251 e. The summed E-state index contributed by atoms with van der Waals surface area (Å²) in [6.45, 7) is 2.75. The van der Waals surface area contributed by atoms with Gasteiger partial charge in [0, 0.05) is 36.4 Å². The van der Waals surface area contributed by atoms with Crippen molar-refractivity contribution in [2.75, 3.05) is 19.7 Å². The maximum absolute atomic E-state index is 12.7. The van der Waals surface area contributed by atoms with Crippen LogP contribution in [0.15, 0.2) is 36.9 Å². The van der Waals surface area contributed by atoms with Crippen LogP contribution in [-0.2, 0) is 4.74 Å². The van der Waals surface area contributed by atoms with Gasteiger partial charge in [-0.15, -0.1) is 10.2 Å². The van der Waals surface area contributed by atoms with Gasteiger partial charge in [-0.2, -0.15) is 0 Å². The third kappa shape index (κ3) is 3.12. The van der Waals surface area contributed by atoms with Crippen molar-refractivity contribution >= 4 is 5.91 Å². The van der Waals surface area contributed by atoms with E-state index in [0.717, 1.165) is 37.7 Å². The molecule has 3 heterocycles. The summed E-state index contributed by atoms with van der Waals surface area (Å²) in [5.74, 6) is 0.745. The Balaban J connectivity index is 1.23. The van der Waals surface area contributed by atoms with Gasteiger partial charge in [0.15, 0.2) is 0 Å². The first-order valence-corrected chi connectivity index (χ1v) is 9.38. The second-order valence-electron chi connectivity index (χ2n) is 7.64. The maximum Gasteiger partial charge on any atom is 0.251 e. The van der Waals surface area contributed by atoms with Gasteiger partial charge in [-0.05, 0) is 43.4 Å². The molecule has 7 nitrogen and oxygen atoms in total. The lowest BCUT2D eigenvalue weighted by molar-refractivity contribution is -0.0581. The zero-order valence-corrected chi connectivity index (χ0v) is 14.6. The fourth-order valence-electron chi connectivity index (χ4n) is 4.17. The Hall–Kier alpha value is -2.25. The van der Waals surface area contributed by atoms with Gasteiger partial charge in [0.25, 0.3) is 5.91 Å². The molecule has 0 bridgehead atoms. The van der Waals surface area contributed by atoms with E-state index in [9.17, 15) is 4.79 Å². The number of hydrogen-bond donors (Lipinski definition) is 1. The molecule has 2 aliphatic heterocycles. The van der Waals surface area contributed by atoms with Crippen molar-refractivity contribution in [2.45, 2.75) is 37.5 Å². The molecule has 1 aromatic carbocycles. The molecule has 0 spiro atoms. The molecule has 2 saturated heterocycles. The quantitative estimate of drug-likeness (QED) is 0.896. The van der Waals surface area contributed by atoms with Crippen LogP contribution in [0.25, 0.3) is 5.69 Å². The predicted octanol–water partition coefficient (Wildman–Crippen LogP) is 1.25. The van der Waals surface area contributed by atoms with Gasteiger partial charge in [-0.25, -0.2) is 0 Å². The molecule has 1 N–H and O–H groups in total. The molecule has 1 amide bonds. The Bertz CT molecular complexity index is 789. The van der Waals surface area contributed by atoms with Crippen molar-refractivity contribution in [2.24, 2.45) is 5.92 Å². The number of hydrogen-bond acceptors (Lipinski definition) is 5. The van der Waals surface area contributed by atoms with Crippen molar-refractivity contribution < 1.29 is 9.53 Å². The number of benzene rings is 1. The van der Waals surface area contributed by atoms with Gasteiger partial charge in [0.05, 0.1) is 12.7 Å². The predicted molar refractivity (Wildman–Crippen MR) is 95.1 cm³/mol. The van der Waals surface area contributed by atoms with E-state index in [0.29, 0.717) is 17.7 Å². The first-order chi connectivity index (χ1) is 12.8. The average molecular weight is 353 g/mol. The largest absolute Gasteiger partial charge is 0.375 e. The zero-order valence-electron chi connectivity index (χ0n) is 14.6. The Kier molecular flexibility index (Phi) is 3.98. The lowest BCUT2D eigenvalue weighted by Gasteiger charge is -2.35. The second-order valence-corrected chi connectivity index (χ2v) is 7.64. The summed E-state index contributed by atoms with van der Waals surface area (Å²) >= 11 is 0. The van der Waals surface area contributed by atoms with Crippen LogP contribution in [0.2, 0.25) is 0 Å². The minimum atomic E-state index is -0.0237. The molecule has 1 saturated carbocycles. The second kappa shape index (κ2) is 6.48. The lowest BCUT2D eigenvalue weighted by atomic mass is 10.1. The summed E-state index contributed by atoms with van der Waals surface area (Å²) in [6, 6.07) is 8.17.